The van der Waals surface area contributed by atoms with Crippen molar-refractivity contribution in [2.45, 2.75) is 12.7 Å². The Bertz CT molecular complexity index is 303. The summed E-state index contributed by atoms with van der Waals surface area (Å²) in [5, 5.41) is 8.69. The van der Waals surface area contributed by atoms with Gasteiger partial charge in [-0.25, -0.2) is 0 Å². The summed E-state index contributed by atoms with van der Waals surface area (Å²) in [5.41, 5.74) is 0.743. The van der Waals surface area contributed by atoms with E-state index in [2.05, 4.69) is 4.98 Å². The van der Waals surface area contributed by atoms with Crippen molar-refractivity contribution < 1.29 is 18.3 Å². The van der Waals surface area contributed by atoms with Gasteiger partial charge in [-0.3, -0.25) is 9.88 Å². The van der Waals surface area contributed by atoms with Crippen LogP contribution in [0.1, 0.15) is 5.56 Å². The Morgan fingerprint density at radius 1 is 1.25 bits per heavy atom. The minimum absolute atomic E-state index is 0.00182. The number of aliphatic hydroxyl groups is 1. The third-order valence-electron chi connectivity index (χ3n) is 1.97. The lowest BCUT2D eigenvalue weighted by Gasteiger charge is -2.22. The number of rotatable bonds is 5. The van der Waals surface area contributed by atoms with Gasteiger partial charge in [-0.1, -0.05) is 0 Å². The maximum atomic E-state index is 12.2. The largest absolute Gasteiger partial charge is 0.401 e. The normalized spacial score (nSPS) is 12.1. The zero-order valence-electron chi connectivity index (χ0n) is 8.61. The van der Waals surface area contributed by atoms with E-state index in [-0.39, 0.29) is 19.7 Å². The summed E-state index contributed by atoms with van der Waals surface area (Å²) >= 11 is 0. The van der Waals surface area contributed by atoms with Gasteiger partial charge in [0.2, 0.25) is 0 Å². The molecular weight excluding hydrogens is 221 g/mol. The standard InChI is InChI=1S/C10H13F3N2O/c11-10(12,13)8-15(5-6-16)7-9-1-3-14-4-2-9/h1-4,16H,5-8H2. The van der Waals surface area contributed by atoms with Gasteiger partial charge in [0.1, 0.15) is 0 Å². The van der Waals surface area contributed by atoms with Crippen molar-refractivity contribution in [3.8, 4) is 0 Å². The van der Waals surface area contributed by atoms with Crippen LogP contribution in [0.5, 0.6) is 0 Å². The number of hydrogen-bond donors (Lipinski definition) is 1. The SMILES string of the molecule is OCCN(Cc1ccncc1)CC(F)(F)F. The molecule has 1 aromatic heterocycles. The van der Waals surface area contributed by atoms with Crippen LogP contribution in [0.25, 0.3) is 0 Å². The minimum Gasteiger partial charge on any atom is -0.395 e. The molecule has 1 heterocycles. The predicted octanol–water partition coefficient (Wildman–Crippen LogP) is 1.44. The van der Waals surface area contributed by atoms with Crippen molar-refractivity contribution in [2.75, 3.05) is 19.7 Å². The van der Waals surface area contributed by atoms with Gasteiger partial charge in [0.15, 0.2) is 0 Å². The van der Waals surface area contributed by atoms with E-state index in [1.54, 1.807) is 12.1 Å². The van der Waals surface area contributed by atoms with E-state index in [0.29, 0.717) is 0 Å². The number of halogens is 3. The molecule has 0 aliphatic heterocycles. The summed E-state index contributed by atoms with van der Waals surface area (Å²) in [7, 11) is 0. The van der Waals surface area contributed by atoms with Crippen LogP contribution in [-0.4, -0.2) is 40.9 Å². The maximum absolute atomic E-state index is 12.2. The summed E-state index contributed by atoms with van der Waals surface area (Å²) in [4.78, 5) is 4.93. The molecule has 0 saturated carbocycles. The fourth-order valence-electron chi connectivity index (χ4n) is 1.36. The smallest absolute Gasteiger partial charge is 0.395 e. The number of pyridine rings is 1. The second kappa shape index (κ2) is 5.81. The molecule has 0 unspecified atom stereocenters. The lowest BCUT2D eigenvalue weighted by atomic mass is 10.2. The minimum atomic E-state index is -4.25. The maximum Gasteiger partial charge on any atom is 0.401 e. The van der Waals surface area contributed by atoms with E-state index in [1.807, 2.05) is 0 Å². The lowest BCUT2D eigenvalue weighted by molar-refractivity contribution is -0.147. The molecule has 0 spiro atoms. The molecule has 16 heavy (non-hydrogen) atoms. The van der Waals surface area contributed by atoms with Crippen LogP contribution in [0.3, 0.4) is 0 Å². The van der Waals surface area contributed by atoms with Gasteiger partial charge in [0, 0.05) is 25.5 Å². The number of nitrogens with zero attached hydrogens (tertiary/aromatic N) is 2. The zero-order chi connectivity index (χ0) is 12.0. The number of aromatic nitrogens is 1. The average Bonchev–Trinajstić information content (AvgIpc) is 2.17. The van der Waals surface area contributed by atoms with Crippen molar-refractivity contribution in [1.29, 1.82) is 0 Å². The molecule has 0 atom stereocenters. The van der Waals surface area contributed by atoms with Crippen molar-refractivity contribution in [1.82, 2.24) is 9.88 Å². The van der Waals surface area contributed by atoms with Crippen LogP contribution in [0, 0.1) is 0 Å². The van der Waals surface area contributed by atoms with Crippen LogP contribution in [0.4, 0.5) is 13.2 Å². The Morgan fingerprint density at radius 2 is 1.88 bits per heavy atom. The molecule has 0 fully saturated rings. The zero-order valence-corrected chi connectivity index (χ0v) is 8.61. The Balaban J connectivity index is 2.58. The molecule has 1 aromatic rings. The van der Waals surface area contributed by atoms with Crippen molar-refractivity contribution in [2.24, 2.45) is 0 Å². The topological polar surface area (TPSA) is 36.4 Å². The van der Waals surface area contributed by atoms with Gasteiger partial charge >= 0.3 is 6.18 Å². The molecule has 0 aromatic carbocycles. The molecular formula is C10H13F3N2O. The molecule has 0 saturated heterocycles. The molecule has 0 aliphatic rings. The molecule has 1 N–H and O–H groups in total. The van der Waals surface area contributed by atoms with Gasteiger partial charge in [0.05, 0.1) is 13.2 Å². The Kier molecular flexibility index (Phi) is 4.70. The van der Waals surface area contributed by atoms with Crippen molar-refractivity contribution in [3.05, 3.63) is 30.1 Å². The summed E-state index contributed by atoms with van der Waals surface area (Å²) in [6.45, 7) is -1.15. The van der Waals surface area contributed by atoms with Gasteiger partial charge in [-0.15, -0.1) is 0 Å². The van der Waals surface area contributed by atoms with E-state index in [4.69, 9.17) is 5.11 Å². The van der Waals surface area contributed by atoms with Crippen molar-refractivity contribution in [3.63, 3.8) is 0 Å². The second-order valence-electron chi connectivity index (χ2n) is 3.40. The Labute approximate surface area is 91.5 Å². The average molecular weight is 234 g/mol. The summed E-state index contributed by atoms with van der Waals surface area (Å²) < 4.78 is 36.6. The molecule has 90 valence electrons. The third kappa shape index (κ3) is 5.09. The molecule has 0 bridgehead atoms. The fraction of sp³-hybridized carbons (Fsp3) is 0.500. The highest BCUT2D eigenvalue weighted by Crippen LogP contribution is 2.17. The lowest BCUT2D eigenvalue weighted by Crippen LogP contribution is -2.35. The highest BCUT2D eigenvalue weighted by atomic mass is 19.4. The molecule has 1 rings (SSSR count). The van der Waals surface area contributed by atoms with E-state index in [9.17, 15) is 13.2 Å². The van der Waals surface area contributed by atoms with E-state index < -0.39 is 12.7 Å². The first-order chi connectivity index (χ1) is 7.51. The van der Waals surface area contributed by atoms with E-state index in [1.165, 1.54) is 12.4 Å². The predicted molar refractivity (Wildman–Crippen MR) is 52.7 cm³/mol. The van der Waals surface area contributed by atoms with Crippen LogP contribution in [-0.2, 0) is 6.54 Å². The highest BCUT2D eigenvalue weighted by Gasteiger charge is 2.30. The molecule has 0 aliphatic carbocycles. The Hall–Kier alpha value is -1.14. The van der Waals surface area contributed by atoms with Gasteiger partial charge in [-0.05, 0) is 17.7 Å². The summed E-state index contributed by atoms with van der Waals surface area (Å²) in [5.74, 6) is 0. The first-order valence-electron chi connectivity index (χ1n) is 4.80. The molecule has 0 amide bonds. The third-order valence-corrected chi connectivity index (χ3v) is 1.97. The van der Waals surface area contributed by atoms with Crippen LogP contribution in [0.15, 0.2) is 24.5 Å². The molecule has 3 nitrogen and oxygen atoms in total. The van der Waals surface area contributed by atoms with Crippen LogP contribution < -0.4 is 0 Å². The molecule has 0 radical (unpaired) electrons. The van der Waals surface area contributed by atoms with Crippen LogP contribution >= 0.6 is 0 Å². The number of alkyl halides is 3. The monoisotopic (exact) mass is 234 g/mol. The summed E-state index contributed by atoms with van der Waals surface area (Å²) in [6, 6.07) is 3.31. The van der Waals surface area contributed by atoms with Crippen LogP contribution in [0.2, 0.25) is 0 Å². The Morgan fingerprint density at radius 3 is 2.38 bits per heavy atom. The van der Waals surface area contributed by atoms with E-state index >= 15 is 0 Å². The molecule has 6 heteroatoms. The summed E-state index contributed by atoms with van der Waals surface area (Å²) in [6.07, 6.45) is -1.19. The van der Waals surface area contributed by atoms with Gasteiger partial charge in [-0.2, -0.15) is 13.2 Å². The fourth-order valence-corrected chi connectivity index (χ4v) is 1.36. The van der Waals surface area contributed by atoms with Gasteiger partial charge < -0.3 is 5.11 Å². The number of aliphatic hydroxyl groups excluding tert-OH is 1. The first-order valence-corrected chi connectivity index (χ1v) is 4.80. The quantitative estimate of drug-likeness (QED) is 0.837. The second-order valence-corrected chi connectivity index (χ2v) is 3.40. The number of hydrogen-bond acceptors (Lipinski definition) is 3. The highest BCUT2D eigenvalue weighted by molar-refractivity contribution is 5.09. The van der Waals surface area contributed by atoms with E-state index in [0.717, 1.165) is 10.5 Å². The van der Waals surface area contributed by atoms with Crippen molar-refractivity contribution >= 4 is 0 Å². The van der Waals surface area contributed by atoms with Gasteiger partial charge in [0.25, 0.3) is 0 Å². The first kappa shape index (κ1) is 12.9.